The van der Waals surface area contributed by atoms with Gasteiger partial charge in [-0.2, -0.15) is 0 Å². The molecule has 2 aliphatic heterocycles. The van der Waals surface area contributed by atoms with Crippen LogP contribution in [-0.2, 0) is 4.79 Å². The van der Waals surface area contributed by atoms with Crippen molar-refractivity contribution in [2.24, 2.45) is 0 Å². The summed E-state index contributed by atoms with van der Waals surface area (Å²) in [6.07, 6.45) is 3.55. The van der Waals surface area contributed by atoms with Gasteiger partial charge in [0.15, 0.2) is 0 Å². The summed E-state index contributed by atoms with van der Waals surface area (Å²) in [6, 6.07) is 8.75. The van der Waals surface area contributed by atoms with Gasteiger partial charge < -0.3 is 15.1 Å². The van der Waals surface area contributed by atoms with Crippen molar-refractivity contribution in [1.29, 1.82) is 0 Å². The molecule has 1 atom stereocenters. The van der Waals surface area contributed by atoms with Gasteiger partial charge in [0.05, 0.1) is 17.9 Å². The Hall–Kier alpha value is -1.55. The van der Waals surface area contributed by atoms with Gasteiger partial charge >= 0.3 is 0 Å². The topological polar surface area (TPSA) is 35.6 Å². The Morgan fingerprint density at radius 2 is 2.11 bits per heavy atom. The molecule has 0 aliphatic carbocycles. The fourth-order valence-corrected chi connectivity index (χ4v) is 3.06. The van der Waals surface area contributed by atoms with Crippen LogP contribution in [-0.4, -0.2) is 38.6 Å². The fraction of sp³-hybridized carbons (Fsp3) is 0.533. The third-order valence-corrected chi connectivity index (χ3v) is 4.12. The van der Waals surface area contributed by atoms with Crippen LogP contribution in [0.5, 0.6) is 0 Å². The van der Waals surface area contributed by atoms with E-state index in [9.17, 15) is 4.79 Å². The lowest BCUT2D eigenvalue weighted by molar-refractivity contribution is -0.117. The Morgan fingerprint density at radius 3 is 2.84 bits per heavy atom. The molecule has 19 heavy (non-hydrogen) atoms. The zero-order chi connectivity index (χ0) is 13.2. The molecule has 1 amide bonds. The van der Waals surface area contributed by atoms with E-state index >= 15 is 0 Å². The van der Waals surface area contributed by atoms with Crippen LogP contribution >= 0.6 is 0 Å². The smallest absolute Gasteiger partial charge is 0.246 e. The quantitative estimate of drug-likeness (QED) is 0.896. The Bertz CT molecular complexity index is 468. The van der Waals surface area contributed by atoms with Gasteiger partial charge in [-0.3, -0.25) is 4.79 Å². The van der Waals surface area contributed by atoms with Crippen LogP contribution in [0.2, 0.25) is 0 Å². The fourth-order valence-electron chi connectivity index (χ4n) is 3.06. The van der Waals surface area contributed by atoms with Crippen molar-refractivity contribution in [1.82, 2.24) is 5.32 Å². The van der Waals surface area contributed by atoms with Crippen molar-refractivity contribution < 1.29 is 4.79 Å². The molecule has 102 valence electrons. The van der Waals surface area contributed by atoms with E-state index in [1.54, 1.807) is 0 Å². The lowest BCUT2D eigenvalue weighted by Gasteiger charge is -2.35. The lowest BCUT2D eigenvalue weighted by atomic mass is 10.1. The minimum Gasteiger partial charge on any atom is -0.364 e. The standard InChI is InChI=1S/C15H21N3O/c1-17-11-15(19)18(10-8-12-5-4-9-16-12)14-7-3-2-6-13(14)17/h2-3,6-7,12,16H,4-5,8-11H2,1H3. The molecule has 4 nitrogen and oxygen atoms in total. The molecule has 1 unspecified atom stereocenters. The highest BCUT2D eigenvalue weighted by Crippen LogP contribution is 2.32. The van der Waals surface area contributed by atoms with Crippen molar-refractivity contribution in [3.05, 3.63) is 24.3 Å². The van der Waals surface area contributed by atoms with Crippen LogP contribution < -0.4 is 15.1 Å². The number of anilines is 2. The molecule has 0 spiro atoms. The maximum absolute atomic E-state index is 12.2. The monoisotopic (exact) mass is 259 g/mol. The molecular weight excluding hydrogens is 238 g/mol. The molecule has 2 heterocycles. The van der Waals surface area contributed by atoms with Gasteiger partial charge in [0.1, 0.15) is 0 Å². The number of nitrogens with one attached hydrogen (secondary N) is 1. The molecular formula is C15H21N3O. The average Bonchev–Trinajstić information content (AvgIpc) is 2.92. The zero-order valence-electron chi connectivity index (χ0n) is 11.4. The van der Waals surface area contributed by atoms with Crippen LogP contribution in [0.4, 0.5) is 11.4 Å². The summed E-state index contributed by atoms with van der Waals surface area (Å²) >= 11 is 0. The first-order chi connectivity index (χ1) is 9.25. The number of amides is 1. The summed E-state index contributed by atoms with van der Waals surface area (Å²) in [4.78, 5) is 16.2. The van der Waals surface area contributed by atoms with Crippen LogP contribution in [0.25, 0.3) is 0 Å². The molecule has 0 saturated carbocycles. The number of carbonyl (C=O) groups is 1. The van der Waals surface area contributed by atoms with E-state index in [-0.39, 0.29) is 5.91 Å². The number of carbonyl (C=O) groups excluding carboxylic acids is 1. The molecule has 0 aromatic heterocycles. The number of likely N-dealkylation sites (N-methyl/N-ethyl adjacent to an activating group) is 1. The van der Waals surface area contributed by atoms with E-state index < -0.39 is 0 Å². The second-order valence-electron chi connectivity index (χ2n) is 5.47. The van der Waals surface area contributed by atoms with E-state index in [0.717, 1.165) is 30.9 Å². The number of nitrogens with zero attached hydrogens (tertiary/aromatic N) is 2. The highest BCUT2D eigenvalue weighted by atomic mass is 16.2. The lowest BCUT2D eigenvalue weighted by Crippen LogP contribution is -2.45. The second-order valence-corrected chi connectivity index (χ2v) is 5.47. The molecule has 1 aromatic rings. The minimum atomic E-state index is 0.208. The van der Waals surface area contributed by atoms with Gasteiger partial charge in [-0.15, -0.1) is 0 Å². The highest BCUT2D eigenvalue weighted by Gasteiger charge is 2.27. The van der Waals surface area contributed by atoms with Gasteiger partial charge in [-0.1, -0.05) is 12.1 Å². The van der Waals surface area contributed by atoms with E-state index in [1.807, 2.05) is 35.0 Å². The summed E-state index contributed by atoms with van der Waals surface area (Å²) in [5, 5.41) is 3.50. The van der Waals surface area contributed by atoms with Crippen molar-refractivity contribution >= 4 is 17.3 Å². The highest BCUT2D eigenvalue weighted by molar-refractivity contribution is 6.03. The normalized spacial score (nSPS) is 22.8. The average molecular weight is 259 g/mol. The number of fused-ring (bicyclic) bond motifs is 1. The SMILES string of the molecule is CN1CC(=O)N(CCC2CCCN2)c2ccccc21. The summed E-state index contributed by atoms with van der Waals surface area (Å²) in [5.74, 6) is 0.208. The molecule has 4 heteroatoms. The molecule has 1 saturated heterocycles. The first-order valence-corrected chi connectivity index (χ1v) is 7.09. The van der Waals surface area contributed by atoms with E-state index in [2.05, 4.69) is 11.4 Å². The van der Waals surface area contributed by atoms with Gasteiger partial charge in [-0.05, 0) is 37.9 Å². The van der Waals surface area contributed by atoms with Gasteiger partial charge in [0.25, 0.3) is 0 Å². The minimum absolute atomic E-state index is 0.208. The number of hydrogen-bond donors (Lipinski definition) is 1. The van der Waals surface area contributed by atoms with Crippen LogP contribution in [0, 0.1) is 0 Å². The van der Waals surface area contributed by atoms with E-state index in [4.69, 9.17) is 0 Å². The number of rotatable bonds is 3. The van der Waals surface area contributed by atoms with Crippen LogP contribution in [0.1, 0.15) is 19.3 Å². The Kier molecular flexibility index (Phi) is 3.42. The second kappa shape index (κ2) is 5.21. The van der Waals surface area contributed by atoms with Crippen molar-refractivity contribution in [2.75, 3.05) is 36.5 Å². The maximum Gasteiger partial charge on any atom is 0.246 e. The Morgan fingerprint density at radius 1 is 1.32 bits per heavy atom. The number of benzene rings is 1. The summed E-state index contributed by atoms with van der Waals surface area (Å²) in [6.45, 7) is 2.42. The van der Waals surface area contributed by atoms with Gasteiger partial charge in [0.2, 0.25) is 5.91 Å². The maximum atomic E-state index is 12.2. The summed E-state index contributed by atoms with van der Waals surface area (Å²) in [5.41, 5.74) is 2.21. The van der Waals surface area contributed by atoms with Gasteiger partial charge in [0, 0.05) is 19.6 Å². The molecule has 1 N–H and O–H groups in total. The molecule has 2 aliphatic rings. The third kappa shape index (κ3) is 2.45. The van der Waals surface area contributed by atoms with E-state index in [1.165, 1.54) is 12.8 Å². The van der Waals surface area contributed by atoms with Crippen LogP contribution in [0.15, 0.2) is 24.3 Å². The largest absolute Gasteiger partial charge is 0.364 e. The van der Waals surface area contributed by atoms with Crippen molar-refractivity contribution in [3.63, 3.8) is 0 Å². The molecule has 3 rings (SSSR count). The predicted octanol–water partition coefficient (Wildman–Crippen LogP) is 1.61. The number of hydrogen-bond acceptors (Lipinski definition) is 3. The molecule has 1 fully saturated rings. The molecule has 0 radical (unpaired) electrons. The van der Waals surface area contributed by atoms with E-state index in [0.29, 0.717) is 12.6 Å². The summed E-state index contributed by atoms with van der Waals surface area (Å²) < 4.78 is 0. The predicted molar refractivity (Wildman–Crippen MR) is 77.7 cm³/mol. The first-order valence-electron chi connectivity index (χ1n) is 7.09. The van der Waals surface area contributed by atoms with Crippen molar-refractivity contribution in [2.45, 2.75) is 25.3 Å². The van der Waals surface area contributed by atoms with Crippen molar-refractivity contribution in [3.8, 4) is 0 Å². The molecule has 0 bridgehead atoms. The Labute approximate surface area is 114 Å². The number of para-hydroxylation sites is 2. The summed E-state index contributed by atoms with van der Waals surface area (Å²) in [7, 11) is 1.98. The molecule has 1 aromatic carbocycles. The van der Waals surface area contributed by atoms with Crippen LogP contribution in [0.3, 0.4) is 0 Å². The Balaban J connectivity index is 1.76. The zero-order valence-corrected chi connectivity index (χ0v) is 11.4. The van der Waals surface area contributed by atoms with Gasteiger partial charge in [-0.25, -0.2) is 0 Å². The third-order valence-electron chi connectivity index (χ3n) is 4.12. The first kappa shape index (κ1) is 12.5.